The van der Waals surface area contributed by atoms with Gasteiger partial charge in [-0.25, -0.2) is 4.68 Å². The standard InChI is InChI=1S/C16H30N4O/c1-11(2)20-9-7-6-8-13(10-17)15(20)14-12(3)18-19(4)16(14)21-5/h11,13,15H,6-10,17H2,1-5H3. The summed E-state index contributed by atoms with van der Waals surface area (Å²) in [4.78, 5) is 2.58. The maximum absolute atomic E-state index is 6.12. The molecule has 0 amide bonds. The Morgan fingerprint density at radius 2 is 2.10 bits per heavy atom. The van der Waals surface area contributed by atoms with Crippen LogP contribution in [0, 0.1) is 12.8 Å². The van der Waals surface area contributed by atoms with Crippen molar-refractivity contribution >= 4 is 0 Å². The van der Waals surface area contributed by atoms with E-state index in [2.05, 4.69) is 30.8 Å². The molecule has 2 atom stereocenters. The fourth-order valence-corrected chi connectivity index (χ4v) is 3.73. The molecule has 5 nitrogen and oxygen atoms in total. The van der Waals surface area contributed by atoms with Crippen LogP contribution in [-0.4, -0.2) is 40.9 Å². The summed E-state index contributed by atoms with van der Waals surface area (Å²) in [5, 5.41) is 4.57. The Morgan fingerprint density at radius 1 is 1.38 bits per heavy atom. The van der Waals surface area contributed by atoms with E-state index in [1.54, 1.807) is 7.11 Å². The monoisotopic (exact) mass is 294 g/mol. The Morgan fingerprint density at radius 3 is 2.67 bits per heavy atom. The third-order valence-electron chi connectivity index (χ3n) is 4.71. The van der Waals surface area contributed by atoms with Gasteiger partial charge in [-0.2, -0.15) is 5.10 Å². The molecular formula is C16H30N4O. The molecule has 0 bridgehead atoms. The molecular weight excluding hydrogens is 264 g/mol. The molecule has 1 aliphatic rings. The van der Waals surface area contributed by atoms with Crippen molar-refractivity contribution in [3.05, 3.63) is 11.3 Å². The molecule has 0 spiro atoms. The predicted molar refractivity (Wildman–Crippen MR) is 85.5 cm³/mol. The second-order valence-corrected chi connectivity index (χ2v) is 6.40. The number of rotatable bonds is 4. The van der Waals surface area contributed by atoms with Gasteiger partial charge in [0.25, 0.3) is 0 Å². The number of ether oxygens (including phenoxy) is 1. The minimum Gasteiger partial charge on any atom is -0.481 e. The fourth-order valence-electron chi connectivity index (χ4n) is 3.73. The van der Waals surface area contributed by atoms with Crippen molar-refractivity contribution in [2.24, 2.45) is 18.7 Å². The Kier molecular flexibility index (Phi) is 5.27. The first-order chi connectivity index (χ1) is 10.0. The molecule has 2 unspecified atom stereocenters. The molecule has 0 aromatic carbocycles. The van der Waals surface area contributed by atoms with Crippen LogP contribution in [0.2, 0.25) is 0 Å². The lowest BCUT2D eigenvalue weighted by molar-refractivity contribution is 0.118. The van der Waals surface area contributed by atoms with Crippen molar-refractivity contribution < 1.29 is 4.74 Å². The summed E-state index contributed by atoms with van der Waals surface area (Å²) in [7, 11) is 3.68. The van der Waals surface area contributed by atoms with Crippen LogP contribution in [0.1, 0.15) is 50.4 Å². The molecule has 2 rings (SSSR count). The molecule has 0 radical (unpaired) electrons. The lowest BCUT2D eigenvalue weighted by Crippen LogP contribution is -2.40. The van der Waals surface area contributed by atoms with E-state index in [1.807, 2.05) is 11.7 Å². The molecule has 120 valence electrons. The van der Waals surface area contributed by atoms with Gasteiger partial charge in [0.2, 0.25) is 5.88 Å². The molecule has 5 heteroatoms. The van der Waals surface area contributed by atoms with Gasteiger partial charge in [0.1, 0.15) is 0 Å². The van der Waals surface area contributed by atoms with Gasteiger partial charge >= 0.3 is 0 Å². The van der Waals surface area contributed by atoms with Gasteiger partial charge in [0.15, 0.2) is 0 Å². The van der Waals surface area contributed by atoms with Crippen LogP contribution in [0.15, 0.2) is 0 Å². The Bertz CT molecular complexity index is 469. The summed E-state index contributed by atoms with van der Waals surface area (Å²) in [5.74, 6) is 1.34. The van der Waals surface area contributed by atoms with Gasteiger partial charge < -0.3 is 10.5 Å². The molecule has 2 heterocycles. The highest BCUT2D eigenvalue weighted by Crippen LogP contribution is 2.41. The van der Waals surface area contributed by atoms with Crippen LogP contribution in [0.25, 0.3) is 0 Å². The van der Waals surface area contributed by atoms with E-state index in [9.17, 15) is 0 Å². The molecule has 1 saturated heterocycles. The third-order valence-corrected chi connectivity index (χ3v) is 4.71. The topological polar surface area (TPSA) is 56.3 Å². The van der Waals surface area contributed by atoms with E-state index in [1.165, 1.54) is 24.8 Å². The number of hydrogen-bond acceptors (Lipinski definition) is 4. The Hall–Kier alpha value is -1.07. The van der Waals surface area contributed by atoms with Crippen LogP contribution < -0.4 is 10.5 Å². The highest BCUT2D eigenvalue weighted by atomic mass is 16.5. The quantitative estimate of drug-likeness (QED) is 0.925. The largest absolute Gasteiger partial charge is 0.481 e. The highest BCUT2D eigenvalue weighted by molar-refractivity contribution is 5.35. The molecule has 1 aromatic heterocycles. The second kappa shape index (κ2) is 6.79. The van der Waals surface area contributed by atoms with E-state index in [0.717, 1.165) is 18.1 Å². The fraction of sp³-hybridized carbons (Fsp3) is 0.812. The molecule has 1 aromatic rings. The van der Waals surface area contributed by atoms with E-state index < -0.39 is 0 Å². The second-order valence-electron chi connectivity index (χ2n) is 6.40. The van der Waals surface area contributed by atoms with Crippen molar-refractivity contribution in [3.8, 4) is 5.88 Å². The lowest BCUT2D eigenvalue weighted by atomic mass is 9.88. The van der Waals surface area contributed by atoms with Crippen LogP contribution >= 0.6 is 0 Å². The average molecular weight is 294 g/mol. The first-order valence-electron chi connectivity index (χ1n) is 8.04. The smallest absolute Gasteiger partial charge is 0.216 e. The predicted octanol–water partition coefficient (Wildman–Crippen LogP) is 2.25. The summed E-state index contributed by atoms with van der Waals surface area (Å²) >= 11 is 0. The molecule has 2 N–H and O–H groups in total. The minimum absolute atomic E-state index is 0.307. The lowest BCUT2D eigenvalue weighted by Gasteiger charge is -2.37. The van der Waals surface area contributed by atoms with Gasteiger partial charge in [-0.05, 0) is 52.6 Å². The Labute approximate surface area is 128 Å². The summed E-state index contributed by atoms with van der Waals surface area (Å²) in [6.07, 6.45) is 3.68. The highest BCUT2D eigenvalue weighted by Gasteiger charge is 2.36. The zero-order valence-electron chi connectivity index (χ0n) is 14.1. The third kappa shape index (κ3) is 3.09. The summed E-state index contributed by atoms with van der Waals surface area (Å²) in [5.41, 5.74) is 8.40. The van der Waals surface area contributed by atoms with Gasteiger partial charge in [-0.3, -0.25) is 4.90 Å². The molecule has 0 saturated carbocycles. The van der Waals surface area contributed by atoms with Gasteiger partial charge in [-0.15, -0.1) is 0 Å². The summed E-state index contributed by atoms with van der Waals surface area (Å²) in [6.45, 7) is 8.45. The SMILES string of the molecule is COc1c(C2C(CN)CCCCN2C(C)C)c(C)nn1C. The first-order valence-corrected chi connectivity index (χ1v) is 8.04. The maximum atomic E-state index is 6.12. The zero-order chi connectivity index (χ0) is 15.6. The van der Waals surface area contributed by atoms with Crippen LogP contribution in [-0.2, 0) is 7.05 Å². The van der Waals surface area contributed by atoms with Crippen LogP contribution in [0.3, 0.4) is 0 Å². The molecule has 1 fully saturated rings. The zero-order valence-corrected chi connectivity index (χ0v) is 14.1. The summed E-state index contributed by atoms with van der Waals surface area (Å²) < 4.78 is 7.49. The van der Waals surface area contributed by atoms with Gasteiger partial charge in [-0.1, -0.05) is 6.42 Å². The summed E-state index contributed by atoms with van der Waals surface area (Å²) in [6, 6.07) is 0.799. The minimum atomic E-state index is 0.307. The maximum Gasteiger partial charge on any atom is 0.216 e. The number of aryl methyl sites for hydroxylation is 2. The number of nitrogens with two attached hydrogens (primary N) is 1. The van der Waals surface area contributed by atoms with Crippen molar-refractivity contribution in [2.45, 2.75) is 52.1 Å². The van der Waals surface area contributed by atoms with E-state index in [-0.39, 0.29) is 0 Å². The molecule has 21 heavy (non-hydrogen) atoms. The first kappa shape index (κ1) is 16.3. The van der Waals surface area contributed by atoms with Crippen molar-refractivity contribution in [1.29, 1.82) is 0 Å². The van der Waals surface area contributed by atoms with E-state index >= 15 is 0 Å². The van der Waals surface area contributed by atoms with Crippen LogP contribution in [0.4, 0.5) is 0 Å². The number of nitrogens with zero attached hydrogens (tertiary/aromatic N) is 3. The van der Waals surface area contributed by atoms with E-state index in [0.29, 0.717) is 24.5 Å². The van der Waals surface area contributed by atoms with E-state index in [4.69, 9.17) is 10.5 Å². The average Bonchev–Trinajstić information content (AvgIpc) is 2.62. The Balaban J connectivity index is 2.52. The number of likely N-dealkylation sites (tertiary alicyclic amines) is 1. The van der Waals surface area contributed by atoms with Crippen LogP contribution in [0.5, 0.6) is 5.88 Å². The number of methoxy groups -OCH3 is 1. The number of aromatic nitrogens is 2. The normalized spacial score (nSPS) is 24.3. The van der Waals surface area contributed by atoms with Crippen molar-refractivity contribution in [1.82, 2.24) is 14.7 Å². The number of hydrogen-bond donors (Lipinski definition) is 1. The molecule has 1 aliphatic heterocycles. The molecule has 0 aliphatic carbocycles. The van der Waals surface area contributed by atoms with Crippen molar-refractivity contribution in [2.75, 3.05) is 20.2 Å². The van der Waals surface area contributed by atoms with Gasteiger partial charge in [0.05, 0.1) is 18.4 Å². The van der Waals surface area contributed by atoms with Gasteiger partial charge in [0, 0.05) is 19.1 Å². The van der Waals surface area contributed by atoms with Crippen molar-refractivity contribution in [3.63, 3.8) is 0 Å².